The summed E-state index contributed by atoms with van der Waals surface area (Å²) in [5.41, 5.74) is 3.40. The third-order valence-corrected chi connectivity index (χ3v) is 8.87. The van der Waals surface area contributed by atoms with Crippen molar-refractivity contribution in [2.24, 2.45) is 0 Å². The minimum absolute atomic E-state index is 0.0101. The van der Waals surface area contributed by atoms with E-state index in [4.69, 9.17) is 0 Å². The van der Waals surface area contributed by atoms with E-state index in [1.54, 1.807) is 16.7 Å². The monoisotopic (exact) mass is 522 g/mol. The number of benzene rings is 2. The van der Waals surface area contributed by atoms with Crippen molar-refractivity contribution >= 4 is 15.9 Å². The summed E-state index contributed by atoms with van der Waals surface area (Å²) in [6.07, 6.45) is 5.02. The number of rotatable bonds is 10. The van der Waals surface area contributed by atoms with Gasteiger partial charge >= 0.3 is 10.2 Å². The molecule has 198 valence electrons. The summed E-state index contributed by atoms with van der Waals surface area (Å²) in [5.74, 6) is 0. The number of piperidine rings is 1. The smallest absolute Gasteiger partial charge is 0.301 e. The summed E-state index contributed by atoms with van der Waals surface area (Å²) in [6, 6.07) is 21.5. The predicted molar refractivity (Wildman–Crippen MR) is 149 cm³/mol. The second kappa shape index (κ2) is 11.3. The van der Waals surface area contributed by atoms with Gasteiger partial charge in [-0.15, -0.1) is 0 Å². The number of anilines is 1. The van der Waals surface area contributed by atoms with Gasteiger partial charge in [-0.2, -0.15) is 12.7 Å². The summed E-state index contributed by atoms with van der Waals surface area (Å²) in [5, 5.41) is 13.8. The fraction of sp³-hybridized carbons (Fsp3) is 0.414. The number of hydrogen-bond donors (Lipinski definition) is 3. The number of nitrogens with zero attached hydrogens (tertiary/aromatic N) is 2. The van der Waals surface area contributed by atoms with E-state index in [9.17, 15) is 13.5 Å². The van der Waals surface area contributed by atoms with Crippen LogP contribution in [0.4, 0.5) is 5.69 Å². The summed E-state index contributed by atoms with van der Waals surface area (Å²) in [4.78, 5) is 4.06. The Morgan fingerprint density at radius 2 is 1.70 bits per heavy atom. The first kappa shape index (κ1) is 27.3. The summed E-state index contributed by atoms with van der Waals surface area (Å²) < 4.78 is 30.4. The Balaban J connectivity index is 1.30. The van der Waals surface area contributed by atoms with Crippen molar-refractivity contribution in [1.82, 2.24) is 14.6 Å². The van der Waals surface area contributed by atoms with E-state index >= 15 is 0 Å². The molecule has 1 fully saturated rings. The summed E-state index contributed by atoms with van der Waals surface area (Å²) >= 11 is 0. The average molecular weight is 523 g/mol. The number of hydrogen-bond acceptors (Lipinski definition) is 5. The average Bonchev–Trinajstić information content (AvgIpc) is 2.89. The second-order valence-electron chi connectivity index (χ2n) is 10.9. The van der Waals surface area contributed by atoms with Crippen LogP contribution >= 0.6 is 0 Å². The zero-order chi connectivity index (χ0) is 26.5. The van der Waals surface area contributed by atoms with Gasteiger partial charge < -0.3 is 10.4 Å². The number of nitrogens with one attached hydrogen (secondary N) is 2. The van der Waals surface area contributed by atoms with E-state index in [2.05, 4.69) is 47.9 Å². The molecule has 0 spiro atoms. The highest BCUT2D eigenvalue weighted by atomic mass is 32.2. The lowest BCUT2D eigenvalue weighted by molar-refractivity contribution is 0.160. The molecule has 3 N–H and O–H groups in total. The number of pyridine rings is 1. The zero-order valence-electron chi connectivity index (χ0n) is 21.9. The van der Waals surface area contributed by atoms with Crippen LogP contribution < -0.4 is 10.0 Å². The highest BCUT2D eigenvalue weighted by molar-refractivity contribution is 7.90. The number of aromatic nitrogens is 1. The van der Waals surface area contributed by atoms with E-state index in [1.165, 1.54) is 5.56 Å². The molecule has 2 heterocycles. The van der Waals surface area contributed by atoms with E-state index in [1.807, 2.05) is 54.6 Å². The molecule has 0 radical (unpaired) electrons. The first-order valence-corrected chi connectivity index (χ1v) is 14.3. The Morgan fingerprint density at radius 1 is 1.03 bits per heavy atom. The lowest BCUT2D eigenvalue weighted by Crippen LogP contribution is -2.45. The normalized spacial score (nSPS) is 17.3. The van der Waals surface area contributed by atoms with E-state index < -0.39 is 16.3 Å². The van der Waals surface area contributed by atoms with Crippen LogP contribution in [-0.2, 0) is 22.0 Å². The van der Waals surface area contributed by atoms with Crippen LogP contribution in [-0.4, -0.2) is 48.0 Å². The molecule has 37 heavy (non-hydrogen) atoms. The van der Waals surface area contributed by atoms with Gasteiger partial charge in [0, 0.05) is 48.8 Å². The van der Waals surface area contributed by atoms with Crippen LogP contribution in [0.1, 0.15) is 56.4 Å². The van der Waals surface area contributed by atoms with Gasteiger partial charge in [0.15, 0.2) is 0 Å². The van der Waals surface area contributed by atoms with Gasteiger partial charge in [-0.25, -0.2) is 0 Å². The Labute approximate surface area is 221 Å². The van der Waals surface area contributed by atoms with Gasteiger partial charge in [0.25, 0.3) is 0 Å². The molecule has 1 aliphatic heterocycles. The molecule has 8 heteroatoms. The molecule has 7 nitrogen and oxygen atoms in total. The Hall–Kier alpha value is -2.78. The Bertz CT molecular complexity index is 1240. The molecular weight excluding hydrogens is 484 g/mol. The summed E-state index contributed by atoms with van der Waals surface area (Å²) in [7, 11) is -3.62. The van der Waals surface area contributed by atoms with Crippen LogP contribution in [0.2, 0.25) is 0 Å². The fourth-order valence-corrected chi connectivity index (χ4v) is 6.12. The van der Waals surface area contributed by atoms with Gasteiger partial charge in [-0.1, -0.05) is 55.5 Å². The van der Waals surface area contributed by atoms with Gasteiger partial charge in [-0.05, 0) is 67.9 Å². The maximum Gasteiger partial charge on any atom is 0.301 e. The number of aliphatic hydroxyl groups is 1. The third-order valence-electron chi connectivity index (χ3n) is 7.33. The quantitative estimate of drug-likeness (QED) is 0.366. The molecule has 4 rings (SSSR count). The minimum Gasteiger partial charge on any atom is -0.387 e. The van der Waals surface area contributed by atoms with Crippen LogP contribution in [0, 0.1) is 0 Å². The van der Waals surface area contributed by atoms with Crippen molar-refractivity contribution in [1.29, 1.82) is 0 Å². The topological polar surface area (TPSA) is 94.6 Å². The van der Waals surface area contributed by atoms with Crippen LogP contribution in [0.25, 0.3) is 0 Å². The predicted octanol–water partition coefficient (Wildman–Crippen LogP) is 4.44. The lowest BCUT2D eigenvalue weighted by atomic mass is 9.75. The maximum absolute atomic E-state index is 13.1. The van der Waals surface area contributed by atoms with Gasteiger partial charge in [0.2, 0.25) is 0 Å². The molecule has 2 aromatic carbocycles. The van der Waals surface area contributed by atoms with Crippen molar-refractivity contribution in [3.8, 4) is 0 Å². The minimum atomic E-state index is -3.62. The molecule has 1 aromatic heterocycles. The molecule has 3 aromatic rings. The van der Waals surface area contributed by atoms with Crippen molar-refractivity contribution < 1.29 is 13.5 Å². The molecular formula is C29H38N4O3S. The molecule has 1 saturated heterocycles. The first-order valence-electron chi connectivity index (χ1n) is 12.8. The van der Waals surface area contributed by atoms with Crippen LogP contribution in [0.5, 0.6) is 0 Å². The Kier molecular flexibility index (Phi) is 8.33. The van der Waals surface area contributed by atoms with Crippen molar-refractivity contribution in [3.05, 3.63) is 95.8 Å². The molecule has 0 saturated carbocycles. The Morgan fingerprint density at radius 3 is 2.32 bits per heavy atom. The van der Waals surface area contributed by atoms with Gasteiger partial charge in [0.05, 0.1) is 6.10 Å². The van der Waals surface area contributed by atoms with E-state index in [0.29, 0.717) is 25.3 Å². The molecule has 0 unspecified atom stereocenters. The summed E-state index contributed by atoms with van der Waals surface area (Å²) in [6.45, 7) is 7.77. The molecule has 0 amide bonds. The van der Waals surface area contributed by atoms with E-state index in [-0.39, 0.29) is 11.0 Å². The highest BCUT2D eigenvalue weighted by Crippen LogP contribution is 2.35. The van der Waals surface area contributed by atoms with E-state index in [0.717, 1.165) is 30.4 Å². The van der Waals surface area contributed by atoms with Crippen molar-refractivity contribution in [3.63, 3.8) is 0 Å². The highest BCUT2D eigenvalue weighted by Gasteiger charge is 2.35. The third kappa shape index (κ3) is 7.17. The SMILES string of the molecule is CC(C)(Cc1ccc(NS(=O)(=O)N2CCC(C)(c3ccccc3)CC2)cc1)NC[C@H](O)c1cccnc1. The lowest BCUT2D eigenvalue weighted by Gasteiger charge is -2.39. The fourth-order valence-electron chi connectivity index (χ4n) is 4.89. The van der Waals surface area contributed by atoms with Crippen molar-refractivity contribution in [2.75, 3.05) is 24.4 Å². The van der Waals surface area contributed by atoms with Gasteiger partial charge in [0.1, 0.15) is 0 Å². The van der Waals surface area contributed by atoms with Crippen LogP contribution in [0.3, 0.4) is 0 Å². The largest absolute Gasteiger partial charge is 0.387 e. The second-order valence-corrected chi connectivity index (χ2v) is 12.5. The first-order chi connectivity index (χ1) is 17.6. The standard InChI is InChI=1S/C29H38N4O3S/c1-28(2,31-22-27(34)24-8-7-17-30-21-24)20-23-11-13-26(14-12-23)32-37(35,36)33-18-15-29(3,16-19-33)25-9-5-4-6-10-25/h4-14,17,21,27,31-32,34H,15-16,18-20,22H2,1-3H3/t27-/m0/s1. The molecule has 0 aliphatic carbocycles. The number of β-amino-alcohol motifs (C(OH)–C–C–N with tert-alkyl or cyclic N) is 1. The maximum atomic E-state index is 13.1. The molecule has 1 aliphatic rings. The zero-order valence-corrected chi connectivity index (χ0v) is 22.7. The van der Waals surface area contributed by atoms with Gasteiger partial charge in [-0.3, -0.25) is 9.71 Å². The number of aliphatic hydroxyl groups excluding tert-OH is 1. The van der Waals surface area contributed by atoms with Crippen LogP contribution in [0.15, 0.2) is 79.1 Å². The van der Waals surface area contributed by atoms with Crippen molar-refractivity contribution in [2.45, 2.75) is 57.1 Å². The molecule has 0 bridgehead atoms. The molecule has 1 atom stereocenters.